The van der Waals surface area contributed by atoms with Crippen molar-refractivity contribution in [1.29, 1.82) is 0 Å². The van der Waals surface area contributed by atoms with E-state index in [0.29, 0.717) is 4.90 Å². The van der Waals surface area contributed by atoms with E-state index in [1.54, 1.807) is 0 Å². The van der Waals surface area contributed by atoms with Gasteiger partial charge in [-0.2, -0.15) is 13.3 Å². The molecule has 1 N–H and O–H groups in total. The number of benzene rings is 1. The van der Waals surface area contributed by atoms with Gasteiger partial charge in [-0.15, -0.1) is 0 Å². The molecule has 0 unspecified atom stereocenters. The van der Waals surface area contributed by atoms with Crippen LogP contribution in [0.4, 0.5) is 0 Å². The molecule has 0 atom stereocenters. The second kappa shape index (κ2) is 6.71. The zero-order valence-corrected chi connectivity index (χ0v) is 14.9. The first kappa shape index (κ1) is 14.3. The molecule has 0 aliphatic heterocycles. The third-order valence-electron chi connectivity index (χ3n) is 1.12. The summed E-state index contributed by atoms with van der Waals surface area (Å²) in [6.07, 6.45) is 0. The Hall–Kier alpha value is 0.285. The quantitative estimate of drug-likeness (QED) is 0.429. The molecule has 0 aliphatic rings. The SMILES string of the molecule is C[CH2][Hg+].O=S(=O)(O)c1ccc([S-])cc1. The Morgan fingerprint density at radius 3 is 2.00 bits per heavy atom. The topological polar surface area (TPSA) is 54.4 Å². The van der Waals surface area contributed by atoms with Crippen molar-refractivity contribution in [3.63, 3.8) is 0 Å². The standard InChI is InChI=1S/C6H6O3S2.C2H5.Hg/c7-11(8,9)6-3-1-5(10)2-4-6;1-2;/h1-4,10H,(H,7,8,9);1H2,2H3;/q;;+1/p-1. The van der Waals surface area contributed by atoms with E-state index in [-0.39, 0.29) is 4.90 Å². The maximum Gasteiger partial charge on any atom is 0.294 e. The first-order valence-electron chi connectivity index (χ1n) is 3.95. The summed E-state index contributed by atoms with van der Waals surface area (Å²) in [5.41, 5.74) is 0. The third kappa shape index (κ3) is 5.90. The molecule has 0 saturated heterocycles. The van der Waals surface area contributed by atoms with Crippen molar-refractivity contribution < 1.29 is 39.1 Å². The van der Waals surface area contributed by atoms with Gasteiger partial charge in [-0.3, -0.25) is 4.55 Å². The molecular formula is C8H10HgO3S2. The minimum absolute atomic E-state index is 0.133. The summed E-state index contributed by atoms with van der Waals surface area (Å²) >= 11 is 5.78. The summed E-state index contributed by atoms with van der Waals surface area (Å²) in [7, 11) is -4.07. The van der Waals surface area contributed by atoms with Gasteiger partial charge in [-0.1, -0.05) is 12.1 Å². The fourth-order valence-corrected chi connectivity index (χ4v) is 1.23. The van der Waals surface area contributed by atoms with Crippen LogP contribution in [0.3, 0.4) is 0 Å². The predicted octanol–water partition coefficient (Wildman–Crippen LogP) is 1.81. The second-order valence-electron chi connectivity index (χ2n) is 2.45. The first-order valence-corrected chi connectivity index (χ1v) is 9.69. The first-order chi connectivity index (χ1) is 6.41. The molecule has 1 aromatic carbocycles. The number of rotatable bonds is 1. The Balaban J connectivity index is 0.000000500. The van der Waals surface area contributed by atoms with E-state index >= 15 is 0 Å². The van der Waals surface area contributed by atoms with Crippen LogP contribution >= 0.6 is 0 Å². The van der Waals surface area contributed by atoms with Crippen molar-refractivity contribution in [1.82, 2.24) is 0 Å². The summed E-state index contributed by atoms with van der Waals surface area (Å²) in [5.74, 6) is 0. The van der Waals surface area contributed by atoms with E-state index in [1.165, 1.54) is 28.2 Å². The summed E-state index contributed by atoms with van der Waals surface area (Å²) in [4.78, 5) is 0.406. The van der Waals surface area contributed by atoms with E-state index in [0.717, 1.165) is 26.1 Å². The van der Waals surface area contributed by atoms with Crippen LogP contribution in [0.25, 0.3) is 0 Å². The van der Waals surface area contributed by atoms with Gasteiger partial charge in [0.15, 0.2) is 0 Å². The van der Waals surface area contributed by atoms with Crippen LogP contribution in [0.1, 0.15) is 6.92 Å². The molecular weight excluding hydrogens is 409 g/mol. The molecule has 0 heterocycles. The summed E-state index contributed by atoms with van der Waals surface area (Å²) in [6, 6.07) is 5.41. The maximum atomic E-state index is 10.5. The molecule has 3 nitrogen and oxygen atoms in total. The molecule has 6 heteroatoms. The van der Waals surface area contributed by atoms with Gasteiger partial charge in [0, 0.05) is 0 Å². The molecule has 14 heavy (non-hydrogen) atoms. The van der Waals surface area contributed by atoms with Crippen LogP contribution in [0.5, 0.6) is 0 Å². The van der Waals surface area contributed by atoms with E-state index in [4.69, 9.17) is 17.2 Å². The Morgan fingerprint density at radius 2 is 1.71 bits per heavy atom. The van der Waals surface area contributed by atoms with Crippen molar-refractivity contribution in [3.8, 4) is 0 Å². The van der Waals surface area contributed by atoms with Gasteiger partial charge >= 0.3 is 37.0 Å². The van der Waals surface area contributed by atoms with Crippen LogP contribution in [-0.2, 0) is 48.9 Å². The Labute approximate surface area is 106 Å². The van der Waals surface area contributed by atoms with Gasteiger partial charge in [-0.05, 0) is 12.1 Å². The Kier molecular flexibility index (Phi) is 6.85. The minimum atomic E-state index is -4.07. The summed E-state index contributed by atoms with van der Waals surface area (Å²) < 4.78 is 30.9. The van der Waals surface area contributed by atoms with E-state index in [2.05, 4.69) is 6.92 Å². The van der Waals surface area contributed by atoms with Crippen molar-refractivity contribution in [2.45, 2.75) is 20.6 Å². The minimum Gasteiger partial charge on any atom is -0.780 e. The summed E-state index contributed by atoms with van der Waals surface area (Å²) in [5, 5.41) is 0. The van der Waals surface area contributed by atoms with Gasteiger partial charge in [0.2, 0.25) is 0 Å². The van der Waals surface area contributed by atoms with Crippen LogP contribution in [0, 0.1) is 0 Å². The molecule has 0 fully saturated rings. The van der Waals surface area contributed by atoms with E-state index < -0.39 is 10.1 Å². The van der Waals surface area contributed by atoms with Crippen molar-refractivity contribution in [3.05, 3.63) is 24.3 Å². The fourth-order valence-electron chi connectivity index (χ4n) is 0.612. The zero-order chi connectivity index (χ0) is 11.2. The van der Waals surface area contributed by atoms with Gasteiger partial charge < -0.3 is 12.6 Å². The molecule has 0 spiro atoms. The molecule has 0 aromatic heterocycles. The average Bonchev–Trinajstić information content (AvgIpc) is 2.04. The molecule has 1 aromatic rings. The van der Waals surface area contributed by atoms with Crippen molar-refractivity contribution in [2.75, 3.05) is 0 Å². The van der Waals surface area contributed by atoms with Crippen LogP contribution in [0.2, 0.25) is 3.93 Å². The molecule has 0 aliphatic carbocycles. The smallest absolute Gasteiger partial charge is 0.294 e. The van der Waals surface area contributed by atoms with Gasteiger partial charge in [0.1, 0.15) is 0 Å². The molecule has 0 saturated carbocycles. The Bertz CT molecular complexity index is 359. The monoisotopic (exact) mass is 420 g/mol. The fraction of sp³-hybridized carbons (Fsp3) is 0.250. The zero-order valence-electron chi connectivity index (χ0n) is 7.80. The molecule has 0 radical (unpaired) electrons. The number of hydrogen-bond acceptors (Lipinski definition) is 3. The van der Waals surface area contributed by atoms with E-state index in [1.807, 2.05) is 0 Å². The van der Waals surface area contributed by atoms with Gasteiger partial charge in [-0.25, -0.2) is 0 Å². The van der Waals surface area contributed by atoms with Crippen molar-refractivity contribution >= 4 is 22.7 Å². The van der Waals surface area contributed by atoms with Crippen molar-refractivity contribution in [2.24, 2.45) is 0 Å². The molecule has 1 rings (SSSR count). The van der Waals surface area contributed by atoms with Gasteiger partial charge in [0.25, 0.3) is 10.1 Å². The average molecular weight is 419 g/mol. The summed E-state index contributed by atoms with van der Waals surface area (Å²) in [6.45, 7) is 2.21. The normalized spacial score (nSPS) is 10.3. The van der Waals surface area contributed by atoms with Crippen LogP contribution in [-0.4, -0.2) is 13.0 Å². The van der Waals surface area contributed by atoms with Crippen LogP contribution < -0.4 is 0 Å². The third-order valence-corrected chi connectivity index (χ3v) is 2.26. The molecule has 74 valence electrons. The second-order valence-corrected chi connectivity index (χ2v) is 8.23. The maximum absolute atomic E-state index is 10.5. The largest absolute Gasteiger partial charge is 0.780 e. The molecule has 0 amide bonds. The van der Waals surface area contributed by atoms with Gasteiger partial charge in [0.05, 0.1) is 4.90 Å². The van der Waals surface area contributed by atoms with E-state index in [9.17, 15) is 8.42 Å². The Morgan fingerprint density at radius 1 is 1.36 bits per heavy atom. The predicted molar refractivity (Wildman–Crippen MR) is 52.4 cm³/mol. The molecule has 0 bridgehead atoms. The number of hydrogen-bond donors (Lipinski definition) is 1. The van der Waals surface area contributed by atoms with Crippen LogP contribution in [0.15, 0.2) is 34.1 Å².